The first-order valence-electron chi connectivity index (χ1n) is 4.00. The lowest BCUT2D eigenvalue weighted by Gasteiger charge is -2.22. The van der Waals surface area contributed by atoms with Gasteiger partial charge in [-0.05, 0) is 0 Å². The van der Waals surface area contributed by atoms with Crippen molar-refractivity contribution in [2.45, 2.75) is 6.18 Å². The molecule has 0 aromatic rings. The Kier molecular flexibility index (Phi) is 5.06. The molecule has 1 aliphatic heterocycles. The van der Waals surface area contributed by atoms with Crippen LogP contribution in [-0.4, -0.2) is 54.7 Å². The van der Waals surface area contributed by atoms with Gasteiger partial charge in [0.1, 0.15) is 0 Å². The van der Waals surface area contributed by atoms with Gasteiger partial charge in [-0.1, -0.05) is 0 Å². The van der Waals surface area contributed by atoms with Crippen LogP contribution in [0.4, 0.5) is 13.2 Å². The maximum atomic E-state index is 10.7. The average Bonchev–Trinajstić information content (AvgIpc) is 2.09. The van der Waals surface area contributed by atoms with E-state index >= 15 is 0 Å². The van der Waals surface area contributed by atoms with Crippen molar-refractivity contribution in [2.24, 2.45) is 0 Å². The molecule has 0 unspecified atom stereocenters. The van der Waals surface area contributed by atoms with Crippen LogP contribution in [-0.2, 0) is 9.59 Å². The number of carboxylic acids is 1. The van der Waals surface area contributed by atoms with Gasteiger partial charge in [0.05, 0.1) is 6.54 Å². The molecule has 1 saturated heterocycles. The zero-order chi connectivity index (χ0) is 12.1. The van der Waals surface area contributed by atoms with E-state index in [1.807, 2.05) is 7.05 Å². The van der Waals surface area contributed by atoms with Gasteiger partial charge in [-0.25, -0.2) is 4.79 Å². The fourth-order valence-electron chi connectivity index (χ4n) is 0.702. The summed E-state index contributed by atoms with van der Waals surface area (Å²) in [5.41, 5.74) is 0. The Bertz CT molecular complexity index is 242. The van der Waals surface area contributed by atoms with E-state index in [-0.39, 0.29) is 5.91 Å². The summed E-state index contributed by atoms with van der Waals surface area (Å²) in [6, 6.07) is 0. The largest absolute Gasteiger partial charge is 0.490 e. The molecule has 0 spiro atoms. The van der Waals surface area contributed by atoms with Crippen molar-refractivity contribution in [2.75, 3.05) is 26.7 Å². The van der Waals surface area contributed by atoms with E-state index in [0.29, 0.717) is 6.54 Å². The molecular formula is C7H11F3N2O3. The van der Waals surface area contributed by atoms with Gasteiger partial charge in [0.25, 0.3) is 0 Å². The summed E-state index contributed by atoms with van der Waals surface area (Å²) in [6.07, 6.45) is -5.08. The van der Waals surface area contributed by atoms with Crippen LogP contribution in [0.2, 0.25) is 0 Å². The number of piperazine rings is 1. The molecule has 1 fully saturated rings. The lowest BCUT2D eigenvalue weighted by Crippen LogP contribution is -2.45. The molecule has 8 heteroatoms. The third-order valence-corrected chi connectivity index (χ3v) is 1.57. The van der Waals surface area contributed by atoms with Gasteiger partial charge in [0, 0.05) is 20.1 Å². The number of carbonyl (C=O) groups excluding carboxylic acids is 1. The van der Waals surface area contributed by atoms with Gasteiger partial charge in [-0.3, -0.25) is 4.79 Å². The van der Waals surface area contributed by atoms with Crippen LogP contribution in [0.3, 0.4) is 0 Å². The SMILES string of the molecule is CN1CCNCC1=O.O=C(O)C(F)(F)F. The average molecular weight is 228 g/mol. The summed E-state index contributed by atoms with van der Waals surface area (Å²) in [7, 11) is 1.82. The molecule has 0 aromatic heterocycles. The molecule has 0 saturated carbocycles. The summed E-state index contributed by atoms with van der Waals surface area (Å²) in [5, 5.41) is 10.1. The summed E-state index contributed by atoms with van der Waals surface area (Å²) in [6.45, 7) is 2.29. The lowest BCUT2D eigenvalue weighted by molar-refractivity contribution is -0.192. The highest BCUT2D eigenvalue weighted by atomic mass is 19.4. The van der Waals surface area contributed by atoms with E-state index in [1.54, 1.807) is 4.90 Å². The molecule has 1 aliphatic rings. The molecular weight excluding hydrogens is 217 g/mol. The van der Waals surface area contributed by atoms with Gasteiger partial charge in [-0.2, -0.15) is 13.2 Å². The van der Waals surface area contributed by atoms with Gasteiger partial charge in [0.15, 0.2) is 0 Å². The number of aliphatic carboxylic acids is 1. The van der Waals surface area contributed by atoms with Crippen molar-refractivity contribution in [3.05, 3.63) is 0 Å². The third-order valence-electron chi connectivity index (χ3n) is 1.57. The minimum Gasteiger partial charge on any atom is -0.475 e. The minimum absolute atomic E-state index is 0.191. The molecule has 0 atom stereocenters. The Morgan fingerprint density at radius 1 is 1.53 bits per heavy atom. The number of hydrogen-bond acceptors (Lipinski definition) is 3. The molecule has 0 radical (unpaired) electrons. The Morgan fingerprint density at radius 3 is 2.20 bits per heavy atom. The molecule has 0 aromatic carbocycles. The number of alkyl halides is 3. The van der Waals surface area contributed by atoms with Crippen molar-refractivity contribution in [1.29, 1.82) is 0 Å². The number of likely N-dealkylation sites (N-methyl/N-ethyl adjacent to an activating group) is 1. The Hall–Kier alpha value is -1.31. The zero-order valence-electron chi connectivity index (χ0n) is 7.97. The number of carboxylic acid groups (broad SMARTS) is 1. The predicted octanol–water partition coefficient (Wildman–Crippen LogP) is -0.319. The summed E-state index contributed by atoms with van der Waals surface area (Å²) in [5.74, 6) is -2.57. The zero-order valence-corrected chi connectivity index (χ0v) is 7.97. The number of amides is 1. The lowest BCUT2D eigenvalue weighted by atomic mass is 10.4. The van der Waals surface area contributed by atoms with Gasteiger partial charge >= 0.3 is 12.1 Å². The molecule has 2 N–H and O–H groups in total. The summed E-state index contributed by atoms with van der Waals surface area (Å²) in [4.78, 5) is 21.3. The van der Waals surface area contributed by atoms with E-state index in [0.717, 1.165) is 13.1 Å². The third kappa shape index (κ3) is 5.89. The van der Waals surface area contributed by atoms with Crippen LogP contribution in [0.1, 0.15) is 0 Å². The van der Waals surface area contributed by atoms with Crippen LogP contribution in [0.25, 0.3) is 0 Å². The molecule has 15 heavy (non-hydrogen) atoms. The maximum absolute atomic E-state index is 10.7. The Morgan fingerprint density at radius 2 is 2.00 bits per heavy atom. The first-order chi connectivity index (χ1) is 6.75. The molecule has 0 bridgehead atoms. The quantitative estimate of drug-likeness (QED) is 0.596. The van der Waals surface area contributed by atoms with Gasteiger partial charge in [0.2, 0.25) is 5.91 Å². The predicted molar refractivity (Wildman–Crippen MR) is 44.2 cm³/mol. The van der Waals surface area contributed by atoms with Gasteiger partial charge in [-0.15, -0.1) is 0 Å². The highest BCUT2D eigenvalue weighted by Gasteiger charge is 2.38. The number of hydrogen-bond donors (Lipinski definition) is 2. The summed E-state index contributed by atoms with van der Waals surface area (Å²) < 4.78 is 31.7. The Balaban J connectivity index is 0.000000265. The first kappa shape index (κ1) is 13.7. The number of carbonyl (C=O) groups is 2. The van der Waals surface area contributed by atoms with Crippen molar-refractivity contribution in [1.82, 2.24) is 10.2 Å². The second-order valence-electron chi connectivity index (χ2n) is 2.79. The van der Waals surface area contributed by atoms with Crippen LogP contribution in [0.5, 0.6) is 0 Å². The Labute approximate surface area is 83.9 Å². The van der Waals surface area contributed by atoms with Crippen LogP contribution < -0.4 is 5.32 Å². The van der Waals surface area contributed by atoms with E-state index < -0.39 is 12.1 Å². The van der Waals surface area contributed by atoms with Crippen molar-refractivity contribution in [3.63, 3.8) is 0 Å². The smallest absolute Gasteiger partial charge is 0.475 e. The molecule has 1 heterocycles. The van der Waals surface area contributed by atoms with E-state index in [2.05, 4.69) is 5.32 Å². The van der Waals surface area contributed by atoms with Crippen LogP contribution in [0.15, 0.2) is 0 Å². The van der Waals surface area contributed by atoms with Crippen molar-refractivity contribution < 1.29 is 27.9 Å². The van der Waals surface area contributed by atoms with Crippen LogP contribution >= 0.6 is 0 Å². The highest BCUT2D eigenvalue weighted by molar-refractivity contribution is 5.78. The fraction of sp³-hybridized carbons (Fsp3) is 0.714. The van der Waals surface area contributed by atoms with Crippen molar-refractivity contribution >= 4 is 11.9 Å². The molecule has 5 nitrogen and oxygen atoms in total. The maximum Gasteiger partial charge on any atom is 0.490 e. The molecule has 1 rings (SSSR count). The monoisotopic (exact) mass is 228 g/mol. The van der Waals surface area contributed by atoms with E-state index in [1.165, 1.54) is 0 Å². The normalized spacial score (nSPS) is 16.8. The topological polar surface area (TPSA) is 69.6 Å². The molecule has 1 amide bonds. The second-order valence-corrected chi connectivity index (χ2v) is 2.79. The van der Waals surface area contributed by atoms with Crippen molar-refractivity contribution in [3.8, 4) is 0 Å². The highest BCUT2D eigenvalue weighted by Crippen LogP contribution is 2.13. The van der Waals surface area contributed by atoms with E-state index in [9.17, 15) is 18.0 Å². The molecule has 88 valence electrons. The molecule has 0 aliphatic carbocycles. The second kappa shape index (κ2) is 5.54. The van der Waals surface area contributed by atoms with E-state index in [4.69, 9.17) is 9.90 Å². The summed E-state index contributed by atoms with van der Waals surface area (Å²) >= 11 is 0. The first-order valence-corrected chi connectivity index (χ1v) is 4.00. The fourth-order valence-corrected chi connectivity index (χ4v) is 0.702. The standard InChI is InChI=1S/C5H10N2O.C2HF3O2/c1-7-3-2-6-4-5(7)8;3-2(4,5)1(6)7/h6H,2-4H2,1H3;(H,6,7). The number of rotatable bonds is 0. The number of nitrogens with one attached hydrogen (secondary N) is 1. The van der Waals surface area contributed by atoms with Crippen LogP contribution in [0, 0.1) is 0 Å². The minimum atomic E-state index is -5.08. The van der Waals surface area contributed by atoms with Gasteiger partial charge < -0.3 is 15.3 Å². The number of nitrogens with zero attached hydrogens (tertiary/aromatic N) is 1. The number of halogens is 3.